The van der Waals surface area contributed by atoms with Gasteiger partial charge < -0.3 is 0 Å². The summed E-state index contributed by atoms with van der Waals surface area (Å²) in [5.74, 6) is 0.857. The van der Waals surface area contributed by atoms with Gasteiger partial charge in [-0.2, -0.15) is 0 Å². The molecule has 0 unspecified atom stereocenters. The number of hydrogen-bond donors (Lipinski definition) is 1. The number of thiazole rings is 1. The molecule has 0 fully saturated rings. The molecule has 1 heterocycles. The van der Waals surface area contributed by atoms with Crippen molar-refractivity contribution in [3.63, 3.8) is 0 Å². The zero-order valence-electron chi connectivity index (χ0n) is 18.3. The maximum absolute atomic E-state index is 12.8. The van der Waals surface area contributed by atoms with Gasteiger partial charge in [-0.25, -0.2) is 4.98 Å². The summed E-state index contributed by atoms with van der Waals surface area (Å²) in [7, 11) is 0. The van der Waals surface area contributed by atoms with Gasteiger partial charge in [0.15, 0.2) is 5.13 Å². The van der Waals surface area contributed by atoms with Crippen molar-refractivity contribution in [1.29, 1.82) is 0 Å². The number of nitrogens with zero attached hydrogens (tertiary/aromatic N) is 1. The van der Waals surface area contributed by atoms with Crippen LogP contribution in [0.4, 0.5) is 5.13 Å². The highest BCUT2D eigenvalue weighted by Crippen LogP contribution is 2.33. The Labute approximate surface area is 197 Å². The molecule has 3 nitrogen and oxygen atoms in total. The molecule has 0 aliphatic carbocycles. The van der Waals surface area contributed by atoms with Crippen LogP contribution in [-0.4, -0.2) is 16.6 Å². The number of thioether (sulfide) groups is 1. The number of nitrogens with one attached hydrogen (secondary N) is 1. The highest BCUT2D eigenvalue weighted by Gasteiger charge is 2.16. The van der Waals surface area contributed by atoms with Gasteiger partial charge in [0.25, 0.3) is 5.91 Å². The molecule has 0 aliphatic rings. The highest BCUT2D eigenvalue weighted by molar-refractivity contribution is 7.99. The van der Waals surface area contributed by atoms with Crippen LogP contribution in [-0.2, 0) is 6.42 Å². The molecular formula is C27H26N2OS2. The van der Waals surface area contributed by atoms with Crippen molar-refractivity contribution in [2.45, 2.75) is 31.6 Å². The van der Waals surface area contributed by atoms with Crippen LogP contribution in [0, 0.1) is 0 Å². The predicted octanol–water partition coefficient (Wildman–Crippen LogP) is 7.79. The predicted molar refractivity (Wildman–Crippen MR) is 138 cm³/mol. The molecular weight excluding hydrogens is 432 g/mol. The van der Waals surface area contributed by atoms with Crippen LogP contribution in [0.15, 0.2) is 83.8 Å². The fraction of sp³-hybridized carbons (Fsp3) is 0.185. The van der Waals surface area contributed by atoms with E-state index in [1.54, 1.807) is 23.1 Å². The quantitative estimate of drug-likeness (QED) is 0.274. The molecule has 162 valence electrons. The van der Waals surface area contributed by atoms with Crippen LogP contribution < -0.4 is 5.32 Å². The largest absolute Gasteiger partial charge is 0.298 e. The van der Waals surface area contributed by atoms with E-state index in [0.29, 0.717) is 10.7 Å². The Kier molecular flexibility index (Phi) is 7.40. The van der Waals surface area contributed by atoms with Gasteiger partial charge in [0.2, 0.25) is 0 Å². The minimum Gasteiger partial charge on any atom is -0.298 e. The van der Waals surface area contributed by atoms with Crippen molar-refractivity contribution in [2.24, 2.45) is 0 Å². The van der Waals surface area contributed by atoms with Crippen molar-refractivity contribution in [1.82, 2.24) is 4.98 Å². The zero-order valence-corrected chi connectivity index (χ0v) is 19.9. The van der Waals surface area contributed by atoms with Gasteiger partial charge in [-0.05, 0) is 41.5 Å². The summed E-state index contributed by atoms with van der Waals surface area (Å²) in [6.07, 6.45) is 1.97. The van der Waals surface area contributed by atoms with E-state index in [9.17, 15) is 4.79 Å². The van der Waals surface area contributed by atoms with E-state index in [0.717, 1.165) is 34.7 Å². The maximum Gasteiger partial charge on any atom is 0.257 e. The maximum atomic E-state index is 12.8. The summed E-state index contributed by atoms with van der Waals surface area (Å²) in [5, 5.41) is 3.66. The average Bonchev–Trinajstić information content (AvgIpc) is 3.22. The number of anilines is 1. The minimum atomic E-state index is -0.119. The lowest BCUT2D eigenvalue weighted by molar-refractivity contribution is 0.102. The summed E-state index contributed by atoms with van der Waals surface area (Å²) in [5.41, 5.74) is 5.07. The molecule has 4 aromatic rings. The zero-order chi connectivity index (χ0) is 22.3. The van der Waals surface area contributed by atoms with Crippen molar-refractivity contribution in [3.05, 3.63) is 89.3 Å². The molecule has 1 N–H and O–H groups in total. The van der Waals surface area contributed by atoms with Crippen LogP contribution in [0.1, 0.15) is 35.5 Å². The summed E-state index contributed by atoms with van der Waals surface area (Å²) in [6, 6.07) is 26.6. The fourth-order valence-corrected chi connectivity index (χ4v) is 5.34. The first kappa shape index (κ1) is 22.3. The topological polar surface area (TPSA) is 42.0 Å². The normalized spacial score (nSPS) is 10.8. The molecule has 1 amide bonds. The third kappa shape index (κ3) is 5.29. The third-order valence-electron chi connectivity index (χ3n) is 5.07. The van der Waals surface area contributed by atoms with Crippen molar-refractivity contribution in [3.8, 4) is 22.4 Å². The number of rotatable bonds is 8. The second kappa shape index (κ2) is 10.6. The number of carbonyl (C=O) groups is 1. The summed E-state index contributed by atoms with van der Waals surface area (Å²) >= 11 is 3.30. The molecule has 0 bridgehead atoms. The van der Waals surface area contributed by atoms with Crippen molar-refractivity contribution < 1.29 is 4.79 Å². The Balaban J connectivity index is 1.57. The third-order valence-corrected chi connectivity index (χ3v) is 6.97. The standard InChI is InChI=1S/C27H26N2OS2/c1-3-9-24-25(21-16-14-20(15-17-21)19-10-6-5-7-11-19)28-27(32-24)29-26(30)22-12-8-13-23(18-22)31-4-2/h5-8,10-18H,3-4,9H2,1-2H3,(H,28,29,30). The SMILES string of the molecule is CCCc1sc(NC(=O)c2cccc(SCC)c2)nc1-c1ccc(-c2ccccc2)cc1. The minimum absolute atomic E-state index is 0.119. The lowest BCUT2D eigenvalue weighted by Crippen LogP contribution is -2.11. The smallest absolute Gasteiger partial charge is 0.257 e. The number of aromatic nitrogens is 1. The molecule has 0 saturated carbocycles. The van der Waals surface area contributed by atoms with Gasteiger partial charge in [-0.1, -0.05) is 80.9 Å². The summed E-state index contributed by atoms with van der Waals surface area (Å²) < 4.78 is 0. The fourth-order valence-electron chi connectivity index (χ4n) is 3.54. The molecule has 0 spiro atoms. The lowest BCUT2D eigenvalue weighted by Gasteiger charge is -2.05. The lowest BCUT2D eigenvalue weighted by atomic mass is 10.0. The van der Waals surface area contributed by atoms with E-state index < -0.39 is 0 Å². The van der Waals surface area contributed by atoms with Gasteiger partial charge >= 0.3 is 0 Å². The van der Waals surface area contributed by atoms with Crippen molar-refractivity contribution in [2.75, 3.05) is 11.1 Å². The summed E-state index contributed by atoms with van der Waals surface area (Å²) in [6.45, 7) is 4.27. The van der Waals surface area contributed by atoms with Gasteiger partial charge in [-0.15, -0.1) is 23.1 Å². The second-order valence-electron chi connectivity index (χ2n) is 7.40. The van der Waals surface area contributed by atoms with E-state index >= 15 is 0 Å². The van der Waals surface area contributed by atoms with E-state index in [4.69, 9.17) is 4.98 Å². The van der Waals surface area contributed by atoms with Crippen LogP contribution >= 0.6 is 23.1 Å². The van der Waals surface area contributed by atoms with Crippen LogP contribution in [0.5, 0.6) is 0 Å². The highest BCUT2D eigenvalue weighted by atomic mass is 32.2. The number of amides is 1. The van der Waals surface area contributed by atoms with E-state index in [1.807, 2.05) is 30.3 Å². The van der Waals surface area contributed by atoms with Crippen LogP contribution in [0.2, 0.25) is 0 Å². The molecule has 0 radical (unpaired) electrons. The van der Waals surface area contributed by atoms with Crippen LogP contribution in [0.3, 0.4) is 0 Å². The summed E-state index contributed by atoms with van der Waals surface area (Å²) in [4.78, 5) is 19.9. The Morgan fingerprint density at radius 3 is 2.34 bits per heavy atom. The van der Waals surface area contributed by atoms with Crippen molar-refractivity contribution >= 4 is 34.1 Å². The second-order valence-corrected chi connectivity index (χ2v) is 9.82. The van der Waals surface area contributed by atoms with Gasteiger partial charge in [0.05, 0.1) is 5.69 Å². The number of carbonyl (C=O) groups excluding carboxylic acids is 1. The first-order valence-corrected chi connectivity index (χ1v) is 12.7. The number of benzene rings is 3. The van der Waals surface area contributed by atoms with Gasteiger partial charge in [0, 0.05) is 20.9 Å². The molecule has 4 rings (SSSR count). The monoisotopic (exact) mass is 458 g/mol. The Morgan fingerprint density at radius 2 is 1.62 bits per heavy atom. The number of hydrogen-bond acceptors (Lipinski definition) is 4. The van der Waals surface area contributed by atoms with Gasteiger partial charge in [-0.3, -0.25) is 10.1 Å². The first-order chi connectivity index (χ1) is 15.7. The first-order valence-electron chi connectivity index (χ1n) is 10.9. The molecule has 3 aromatic carbocycles. The average molecular weight is 459 g/mol. The molecule has 0 saturated heterocycles. The molecule has 1 aromatic heterocycles. The van der Waals surface area contributed by atoms with Crippen LogP contribution in [0.25, 0.3) is 22.4 Å². The van der Waals surface area contributed by atoms with E-state index in [1.165, 1.54) is 16.0 Å². The number of aryl methyl sites for hydroxylation is 1. The molecule has 5 heteroatoms. The van der Waals surface area contributed by atoms with E-state index in [2.05, 4.69) is 67.7 Å². The molecule has 32 heavy (non-hydrogen) atoms. The Bertz CT molecular complexity index is 1180. The molecule has 0 atom stereocenters. The Hall–Kier alpha value is -2.89. The van der Waals surface area contributed by atoms with E-state index in [-0.39, 0.29) is 5.91 Å². The Morgan fingerprint density at radius 1 is 0.906 bits per heavy atom. The van der Waals surface area contributed by atoms with Gasteiger partial charge in [0.1, 0.15) is 0 Å². The molecule has 0 aliphatic heterocycles.